The van der Waals surface area contributed by atoms with Gasteiger partial charge in [0.25, 0.3) is 5.91 Å². The van der Waals surface area contributed by atoms with Gasteiger partial charge in [0.2, 0.25) is 0 Å². The maximum Gasteiger partial charge on any atom is 0.250 e. The van der Waals surface area contributed by atoms with E-state index in [9.17, 15) is 4.79 Å². The molecule has 0 atom stereocenters. The van der Waals surface area contributed by atoms with Gasteiger partial charge in [-0.25, -0.2) is 9.97 Å². The van der Waals surface area contributed by atoms with Gasteiger partial charge >= 0.3 is 0 Å². The highest BCUT2D eigenvalue weighted by molar-refractivity contribution is 6.07. The van der Waals surface area contributed by atoms with Crippen molar-refractivity contribution in [1.82, 2.24) is 20.2 Å². The summed E-state index contributed by atoms with van der Waals surface area (Å²) in [6, 6.07) is 15.6. The zero-order chi connectivity index (χ0) is 21.4. The first kappa shape index (κ1) is 19.0. The molecule has 0 saturated heterocycles. The number of nitrogens with zero attached hydrogens (tertiary/aromatic N) is 4. The number of aromatic nitrogens is 4. The second kappa shape index (κ2) is 7.71. The van der Waals surface area contributed by atoms with Gasteiger partial charge in [-0.2, -0.15) is 5.10 Å². The van der Waals surface area contributed by atoms with Crippen LogP contribution in [0, 0.1) is 0 Å². The van der Waals surface area contributed by atoms with Gasteiger partial charge in [0.05, 0.1) is 16.8 Å². The maximum absolute atomic E-state index is 11.8. The van der Waals surface area contributed by atoms with Crippen molar-refractivity contribution < 1.29 is 4.79 Å². The minimum absolute atomic E-state index is 0.399. The summed E-state index contributed by atoms with van der Waals surface area (Å²) in [7, 11) is 2.07. The van der Waals surface area contributed by atoms with Crippen LogP contribution in [0.2, 0.25) is 0 Å². The Morgan fingerprint density at radius 1 is 1.16 bits per heavy atom. The predicted octanol–water partition coefficient (Wildman–Crippen LogP) is 3.11. The van der Waals surface area contributed by atoms with Crippen LogP contribution in [0.3, 0.4) is 0 Å². The van der Waals surface area contributed by atoms with Crippen LogP contribution in [0.25, 0.3) is 22.4 Å². The van der Waals surface area contributed by atoms with E-state index in [0.717, 1.165) is 42.0 Å². The minimum Gasteiger partial charge on any atom is -0.370 e. The number of amides is 1. The smallest absolute Gasteiger partial charge is 0.250 e. The van der Waals surface area contributed by atoms with Crippen LogP contribution >= 0.6 is 0 Å². The largest absolute Gasteiger partial charge is 0.370 e. The summed E-state index contributed by atoms with van der Waals surface area (Å²) in [5.41, 5.74) is 10.3. The van der Waals surface area contributed by atoms with Crippen molar-refractivity contribution in [3.05, 3.63) is 65.4 Å². The van der Waals surface area contributed by atoms with Gasteiger partial charge in [-0.3, -0.25) is 9.89 Å². The highest BCUT2D eigenvalue weighted by Crippen LogP contribution is 2.35. The molecular formula is C23H23N7O. The molecule has 2 aromatic carbocycles. The molecule has 156 valence electrons. The molecule has 31 heavy (non-hydrogen) atoms. The summed E-state index contributed by atoms with van der Waals surface area (Å²) in [5.74, 6) is 0.810. The van der Waals surface area contributed by atoms with Crippen molar-refractivity contribution >= 4 is 28.3 Å². The standard InChI is InChI=1S/C23H23N7O/c1-30-12-6-11-17-20(30)23(25-13-14-7-3-2-4-8-14)27-22(26-17)19-15-9-5-10-16(21(24)31)18(15)28-29-19/h2-5,7-10H,6,11-13H2,1H3,(H2,24,31)(H,28,29)(H,25,26,27). The molecule has 1 aliphatic rings. The number of hydrogen-bond donors (Lipinski definition) is 3. The summed E-state index contributed by atoms with van der Waals surface area (Å²) >= 11 is 0. The molecule has 0 unspecified atom stereocenters. The van der Waals surface area contributed by atoms with Gasteiger partial charge in [-0.15, -0.1) is 0 Å². The number of benzene rings is 2. The monoisotopic (exact) mass is 413 g/mol. The molecule has 0 spiro atoms. The lowest BCUT2D eigenvalue weighted by Gasteiger charge is -2.29. The quantitative estimate of drug-likeness (QED) is 0.463. The van der Waals surface area contributed by atoms with E-state index in [2.05, 4.69) is 39.6 Å². The Balaban J connectivity index is 1.61. The Morgan fingerprint density at radius 2 is 2.00 bits per heavy atom. The van der Waals surface area contributed by atoms with Gasteiger partial charge in [-0.05, 0) is 24.5 Å². The van der Waals surface area contributed by atoms with Crippen LogP contribution in [-0.2, 0) is 13.0 Å². The normalized spacial score (nSPS) is 13.3. The molecule has 3 heterocycles. The van der Waals surface area contributed by atoms with Crippen molar-refractivity contribution in [3.8, 4) is 11.5 Å². The summed E-state index contributed by atoms with van der Waals surface area (Å²) < 4.78 is 0. The minimum atomic E-state index is -0.501. The number of carbonyl (C=O) groups is 1. The van der Waals surface area contributed by atoms with Gasteiger partial charge in [0.1, 0.15) is 11.4 Å². The van der Waals surface area contributed by atoms with Crippen molar-refractivity contribution in [2.24, 2.45) is 5.73 Å². The van der Waals surface area contributed by atoms with E-state index in [4.69, 9.17) is 15.7 Å². The third kappa shape index (κ3) is 3.46. The fourth-order valence-corrected chi connectivity index (χ4v) is 4.10. The van der Waals surface area contributed by atoms with Crippen molar-refractivity contribution in [3.63, 3.8) is 0 Å². The number of carbonyl (C=O) groups excluding carboxylic acids is 1. The van der Waals surface area contributed by atoms with E-state index in [1.165, 1.54) is 5.56 Å². The van der Waals surface area contributed by atoms with Gasteiger partial charge < -0.3 is 16.0 Å². The first-order valence-electron chi connectivity index (χ1n) is 10.3. The molecule has 4 N–H and O–H groups in total. The number of anilines is 2. The SMILES string of the molecule is CN1CCCc2nc(-c3n[nH]c4c(C(N)=O)cccc34)nc(NCc3ccccc3)c21. The highest BCUT2D eigenvalue weighted by Gasteiger charge is 2.24. The molecule has 1 aliphatic heterocycles. The van der Waals surface area contributed by atoms with Gasteiger partial charge in [-0.1, -0.05) is 42.5 Å². The lowest BCUT2D eigenvalue weighted by atomic mass is 10.1. The zero-order valence-corrected chi connectivity index (χ0v) is 17.2. The number of fused-ring (bicyclic) bond motifs is 2. The fraction of sp³-hybridized carbons (Fsp3) is 0.217. The number of nitrogens with two attached hydrogens (primary N) is 1. The number of para-hydroxylation sites is 1. The molecule has 4 aromatic rings. The van der Waals surface area contributed by atoms with E-state index >= 15 is 0 Å². The molecule has 0 radical (unpaired) electrons. The molecular weight excluding hydrogens is 390 g/mol. The van der Waals surface area contributed by atoms with Crippen molar-refractivity contribution in [2.45, 2.75) is 19.4 Å². The van der Waals surface area contributed by atoms with Gasteiger partial charge in [0.15, 0.2) is 11.6 Å². The Hall–Kier alpha value is -3.94. The average molecular weight is 413 g/mol. The number of primary amides is 1. The molecule has 8 heteroatoms. The predicted molar refractivity (Wildman–Crippen MR) is 121 cm³/mol. The highest BCUT2D eigenvalue weighted by atomic mass is 16.1. The molecule has 2 aromatic heterocycles. The van der Waals surface area contributed by atoms with E-state index in [-0.39, 0.29) is 0 Å². The second-order valence-corrected chi connectivity index (χ2v) is 7.72. The van der Waals surface area contributed by atoms with Crippen LogP contribution < -0.4 is 16.0 Å². The Bertz CT molecular complexity index is 1270. The Labute approximate surface area is 179 Å². The lowest BCUT2D eigenvalue weighted by Crippen LogP contribution is -2.27. The Kier molecular flexibility index (Phi) is 4.74. The number of aryl methyl sites for hydroxylation is 1. The average Bonchev–Trinajstić information content (AvgIpc) is 3.22. The maximum atomic E-state index is 11.8. The number of H-pyrrole nitrogens is 1. The molecule has 5 rings (SSSR count). The first-order chi connectivity index (χ1) is 15.1. The third-order valence-corrected chi connectivity index (χ3v) is 5.62. The Morgan fingerprint density at radius 3 is 2.81 bits per heavy atom. The molecule has 0 aliphatic carbocycles. The topological polar surface area (TPSA) is 113 Å². The van der Waals surface area contributed by atoms with E-state index < -0.39 is 5.91 Å². The summed E-state index contributed by atoms with van der Waals surface area (Å²) in [6.07, 6.45) is 1.91. The summed E-state index contributed by atoms with van der Waals surface area (Å²) in [5, 5.41) is 11.6. The van der Waals surface area contributed by atoms with Gasteiger partial charge in [0, 0.05) is 25.5 Å². The van der Waals surface area contributed by atoms with Crippen molar-refractivity contribution in [1.29, 1.82) is 0 Å². The zero-order valence-electron chi connectivity index (χ0n) is 17.2. The molecule has 8 nitrogen and oxygen atoms in total. The number of aromatic amines is 1. The number of hydrogen-bond acceptors (Lipinski definition) is 6. The molecule has 0 saturated carbocycles. The van der Waals surface area contributed by atoms with Crippen LogP contribution in [-0.4, -0.2) is 39.7 Å². The number of rotatable bonds is 5. The summed E-state index contributed by atoms with van der Waals surface area (Å²) in [4.78, 5) is 23.7. The van der Waals surface area contributed by atoms with E-state index in [1.54, 1.807) is 12.1 Å². The van der Waals surface area contributed by atoms with Crippen LogP contribution in [0.4, 0.5) is 11.5 Å². The van der Waals surface area contributed by atoms with Crippen LogP contribution in [0.1, 0.15) is 28.0 Å². The molecule has 0 fully saturated rings. The molecule has 1 amide bonds. The lowest BCUT2D eigenvalue weighted by molar-refractivity contribution is 0.100. The fourth-order valence-electron chi connectivity index (χ4n) is 4.10. The van der Waals surface area contributed by atoms with Crippen molar-refractivity contribution in [2.75, 3.05) is 23.8 Å². The summed E-state index contributed by atoms with van der Waals surface area (Å²) in [6.45, 7) is 1.62. The molecule has 0 bridgehead atoms. The third-order valence-electron chi connectivity index (χ3n) is 5.62. The van der Waals surface area contributed by atoms with E-state index in [0.29, 0.717) is 29.1 Å². The van der Waals surface area contributed by atoms with E-state index in [1.807, 2.05) is 24.3 Å². The number of nitrogens with one attached hydrogen (secondary N) is 2. The van der Waals surface area contributed by atoms with Crippen LogP contribution in [0.5, 0.6) is 0 Å². The first-order valence-corrected chi connectivity index (χ1v) is 10.3. The second-order valence-electron chi connectivity index (χ2n) is 7.72. The van der Waals surface area contributed by atoms with Crippen LogP contribution in [0.15, 0.2) is 48.5 Å².